The van der Waals surface area contributed by atoms with E-state index in [1.165, 1.54) is 6.92 Å². The topological polar surface area (TPSA) is 55.8 Å². The van der Waals surface area contributed by atoms with Gasteiger partial charge in [0.1, 0.15) is 11.4 Å². The molecule has 1 aliphatic rings. The number of anilines is 1. The number of rotatable bonds is 2. The maximum absolute atomic E-state index is 13.1. The molecule has 6 heteroatoms. The van der Waals surface area contributed by atoms with Crippen molar-refractivity contribution in [2.24, 2.45) is 0 Å². The van der Waals surface area contributed by atoms with Gasteiger partial charge in [-0.05, 0) is 50.6 Å². The molecule has 1 aliphatic heterocycles. The molecule has 0 aromatic heterocycles. The van der Waals surface area contributed by atoms with Gasteiger partial charge in [0.05, 0.1) is 11.7 Å². The molecule has 0 saturated carbocycles. The number of ether oxygens (including phenoxy) is 2. The zero-order valence-electron chi connectivity index (χ0n) is 16.2. The van der Waals surface area contributed by atoms with E-state index in [1.54, 1.807) is 11.0 Å². The number of nitrogens with zero attached hydrogens (tertiary/aromatic N) is 1. The van der Waals surface area contributed by atoms with Gasteiger partial charge in [0, 0.05) is 17.0 Å². The highest BCUT2D eigenvalue weighted by Crippen LogP contribution is 2.42. The van der Waals surface area contributed by atoms with Gasteiger partial charge in [0.2, 0.25) is 0 Å². The van der Waals surface area contributed by atoms with Crippen molar-refractivity contribution < 1.29 is 19.1 Å². The van der Waals surface area contributed by atoms with E-state index in [0.717, 1.165) is 10.0 Å². The summed E-state index contributed by atoms with van der Waals surface area (Å²) in [4.78, 5) is 26.4. The van der Waals surface area contributed by atoms with Crippen LogP contribution in [0.2, 0.25) is 0 Å². The molecule has 146 valence electrons. The zero-order valence-corrected chi connectivity index (χ0v) is 17.8. The van der Waals surface area contributed by atoms with Gasteiger partial charge in [-0.25, -0.2) is 4.79 Å². The van der Waals surface area contributed by atoms with Gasteiger partial charge in [-0.15, -0.1) is 0 Å². The van der Waals surface area contributed by atoms with Gasteiger partial charge < -0.3 is 9.47 Å². The summed E-state index contributed by atoms with van der Waals surface area (Å²) in [6, 6.07) is 14.6. The zero-order chi connectivity index (χ0) is 20.5. The molecule has 3 rings (SSSR count). The molecule has 0 fully saturated rings. The smallest absolute Gasteiger partial charge is 0.415 e. The first-order valence-electron chi connectivity index (χ1n) is 8.93. The second-order valence-electron chi connectivity index (χ2n) is 7.49. The highest BCUT2D eigenvalue weighted by atomic mass is 79.9. The number of hydrogen-bond donors (Lipinski definition) is 0. The summed E-state index contributed by atoms with van der Waals surface area (Å²) in [6.45, 7) is 6.84. The van der Waals surface area contributed by atoms with E-state index in [-0.39, 0.29) is 0 Å². The molecular weight excluding hydrogens is 422 g/mol. The lowest BCUT2D eigenvalue weighted by molar-refractivity contribution is -0.134. The minimum atomic E-state index is -0.645. The Morgan fingerprint density at radius 2 is 1.75 bits per heavy atom. The third-order valence-electron chi connectivity index (χ3n) is 4.06. The van der Waals surface area contributed by atoms with Crippen molar-refractivity contribution in [2.45, 2.75) is 39.3 Å². The molecule has 0 bridgehead atoms. The highest BCUT2D eigenvalue weighted by molar-refractivity contribution is 9.10. The fourth-order valence-electron chi connectivity index (χ4n) is 3.04. The summed E-state index contributed by atoms with van der Waals surface area (Å²) in [5.74, 6) is -0.00725. The minimum Gasteiger partial charge on any atom is -0.443 e. The number of hydrogen-bond acceptors (Lipinski definition) is 4. The molecule has 2 aromatic carbocycles. The Balaban J connectivity index is 2.18. The van der Waals surface area contributed by atoms with Crippen molar-refractivity contribution in [2.75, 3.05) is 4.90 Å². The Morgan fingerprint density at radius 1 is 1.07 bits per heavy atom. The average molecular weight is 444 g/mol. The molecule has 1 unspecified atom stereocenters. The Hall–Kier alpha value is -2.60. The molecule has 28 heavy (non-hydrogen) atoms. The van der Waals surface area contributed by atoms with Crippen LogP contribution in [0.5, 0.6) is 0 Å². The maximum Gasteiger partial charge on any atom is 0.415 e. The molecule has 1 heterocycles. The standard InChI is InChI=1S/C22H22BrNO4/c1-14(25)27-20-13-19(15-8-6-5-7-9-15)24(21(26)28-22(2,3)4)18-11-10-16(23)12-17(18)20/h5-13,19H,1-4H3. The Kier molecular flexibility index (Phi) is 5.61. The fourth-order valence-corrected chi connectivity index (χ4v) is 3.40. The van der Waals surface area contributed by atoms with E-state index in [2.05, 4.69) is 15.9 Å². The Labute approximate surface area is 173 Å². The second-order valence-corrected chi connectivity index (χ2v) is 8.41. The molecule has 0 spiro atoms. The van der Waals surface area contributed by atoms with Crippen LogP contribution in [0.25, 0.3) is 5.76 Å². The van der Waals surface area contributed by atoms with E-state index in [9.17, 15) is 9.59 Å². The monoisotopic (exact) mass is 443 g/mol. The first-order chi connectivity index (χ1) is 13.2. The largest absolute Gasteiger partial charge is 0.443 e. The van der Waals surface area contributed by atoms with E-state index < -0.39 is 23.7 Å². The summed E-state index contributed by atoms with van der Waals surface area (Å²) < 4.78 is 12.0. The second kappa shape index (κ2) is 7.80. The van der Waals surface area contributed by atoms with Crippen molar-refractivity contribution in [1.29, 1.82) is 0 Å². The third kappa shape index (κ3) is 4.44. The van der Waals surface area contributed by atoms with Crippen LogP contribution in [0, 0.1) is 0 Å². The van der Waals surface area contributed by atoms with Crippen LogP contribution in [0.4, 0.5) is 10.5 Å². The first kappa shape index (κ1) is 20.1. The van der Waals surface area contributed by atoms with Crippen molar-refractivity contribution in [3.05, 3.63) is 70.2 Å². The van der Waals surface area contributed by atoms with E-state index in [4.69, 9.17) is 9.47 Å². The van der Waals surface area contributed by atoms with Gasteiger partial charge in [-0.3, -0.25) is 9.69 Å². The molecular formula is C22H22BrNO4. The van der Waals surface area contributed by atoms with Crippen LogP contribution in [0.1, 0.15) is 44.9 Å². The molecule has 0 aliphatic carbocycles. The Morgan fingerprint density at radius 3 is 2.36 bits per heavy atom. The summed E-state index contributed by atoms with van der Waals surface area (Å²) in [6.07, 6.45) is 1.30. The maximum atomic E-state index is 13.1. The van der Waals surface area contributed by atoms with Crippen molar-refractivity contribution >= 4 is 39.4 Å². The third-order valence-corrected chi connectivity index (χ3v) is 4.55. The van der Waals surface area contributed by atoms with Gasteiger partial charge in [-0.1, -0.05) is 46.3 Å². The molecule has 2 aromatic rings. The quantitative estimate of drug-likeness (QED) is 0.546. The number of carbonyl (C=O) groups excluding carboxylic acids is 2. The number of halogens is 1. The van der Waals surface area contributed by atoms with Gasteiger partial charge in [0.15, 0.2) is 0 Å². The van der Waals surface area contributed by atoms with Crippen LogP contribution in [-0.2, 0) is 14.3 Å². The lowest BCUT2D eigenvalue weighted by Crippen LogP contribution is -2.40. The van der Waals surface area contributed by atoms with Gasteiger partial charge >= 0.3 is 12.1 Å². The summed E-state index contributed by atoms with van der Waals surface area (Å²) in [5, 5.41) is 0. The van der Waals surface area contributed by atoms with Crippen LogP contribution in [0.3, 0.4) is 0 Å². The summed E-state index contributed by atoms with van der Waals surface area (Å²) in [5.41, 5.74) is 1.49. The number of esters is 1. The Bertz CT molecular complexity index is 931. The van der Waals surface area contributed by atoms with E-state index in [1.807, 2.05) is 69.3 Å². The molecule has 0 radical (unpaired) electrons. The van der Waals surface area contributed by atoms with Crippen molar-refractivity contribution in [3.8, 4) is 0 Å². The van der Waals surface area contributed by atoms with Crippen LogP contribution in [0.15, 0.2) is 59.1 Å². The van der Waals surface area contributed by atoms with Crippen molar-refractivity contribution in [3.63, 3.8) is 0 Å². The average Bonchev–Trinajstić information content (AvgIpc) is 2.60. The van der Waals surface area contributed by atoms with Crippen LogP contribution >= 0.6 is 15.9 Å². The summed E-state index contributed by atoms with van der Waals surface area (Å²) in [7, 11) is 0. The van der Waals surface area contributed by atoms with Crippen LogP contribution < -0.4 is 4.90 Å². The number of benzene rings is 2. The molecule has 1 atom stereocenters. The predicted octanol–water partition coefficient (Wildman–Crippen LogP) is 5.85. The normalized spacial score (nSPS) is 16.1. The lowest BCUT2D eigenvalue weighted by Gasteiger charge is -2.36. The van der Waals surface area contributed by atoms with Gasteiger partial charge in [0.25, 0.3) is 0 Å². The van der Waals surface area contributed by atoms with Crippen LogP contribution in [-0.4, -0.2) is 17.7 Å². The number of fused-ring (bicyclic) bond motifs is 1. The predicted molar refractivity (Wildman–Crippen MR) is 112 cm³/mol. The van der Waals surface area contributed by atoms with E-state index >= 15 is 0 Å². The molecule has 0 saturated heterocycles. The minimum absolute atomic E-state index is 0.414. The lowest BCUT2D eigenvalue weighted by atomic mass is 9.96. The molecule has 0 N–H and O–H groups in total. The van der Waals surface area contributed by atoms with Crippen molar-refractivity contribution in [1.82, 2.24) is 0 Å². The number of amides is 1. The highest BCUT2D eigenvalue weighted by Gasteiger charge is 2.36. The number of carbonyl (C=O) groups is 2. The fraction of sp³-hybridized carbons (Fsp3) is 0.273. The first-order valence-corrected chi connectivity index (χ1v) is 9.72. The van der Waals surface area contributed by atoms with Gasteiger partial charge in [-0.2, -0.15) is 0 Å². The molecule has 5 nitrogen and oxygen atoms in total. The van der Waals surface area contributed by atoms with E-state index in [0.29, 0.717) is 17.0 Å². The molecule has 1 amide bonds. The SMILES string of the molecule is CC(=O)OC1=CC(c2ccccc2)N(C(=O)OC(C)(C)C)c2ccc(Br)cc21. The summed E-state index contributed by atoms with van der Waals surface area (Å²) >= 11 is 3.45.